The summed E-state index contributed by atoms with van der Waals surface area (Å²) in [7, 11) is 0. The van der Waals surface area contributed by atoms with Gasteiger partial charge in [0.15, 0.2) is 0 Å². The van der Waals surface area contributed by atoms with Crippen molar-refractivity contribution in [1.29, 1.82) is 0 Å². The third-order valence-corrected chi connectivity index (χ3v) is 2.53. The van der Waals surface area contributed by atoms with Crippen LogP contribution in [0.15, 0.2) is 0 Å². The van der Waals surface area contributed by atoms with Gasteiger partial charge in [0, 0.05) is 24.1 Å². The maximum Gasteiger partial charge on any atom is 0.205 e. The summed E-state index contributed by atoms with van der Waals surface area (Å²) in [5, 5.41) is 1.02. The first-order valence-corrected chi connectivity index (χ1v) is 6.60. The molecule has 0 spiro atoms. The molecule has 0 aliphatic rings. The molecule has 0 unspecified atom stereocenters. The molecule has 0 fully saturated rings. The van der Waals surface area contributed by atoms with Crippen molar-refractivity contribution < 1.29 is 4.79 Å². The monoisotopic (exact) mass is 278 g/mol. The molecular formula is C11H16BrClO. The third kappa shape index (κ3) is 10.1. The first-order valence-electron chi connectivity index (χ1n) is 4.95. The molecule has 0 aliphatic carbocycles. The zero-order valence-corrected chi connectivity index (χ0v) is 10.7. The van der Waals surface area contributed by atoms with Crippen LogP contribution in [0.25, 0.3) is 0 Å². The zero-order chi connectivity index (χ0) is 10.6. The highest BCUT2D eigenvalue weighted by atomic mass is 79.9. The molecule has 0 atom stereocenters. The van der Waals surface area contributed by atoms with Gasteiger partial charge in [-0.05, 0) is 25.2 Å². The van der Waals surface area contributed by atoms with Gasteiger partial charge in [-0.15, -0.1) is 11.6 Å². The van der Waals surface area contributed by atoms with E-state index in [1.807, 2.05) is 0 Å². The summed E-state index contributed by atoms with van der Waals surface area (Å²) in [6.45, 7) is 0. The lowest BCUT2D eigenvalue weighted by molar-refractivity contribution is -0.113. The second-order valence-electron chi connectivity index (χ2n) is 3.02. The zero-order valence-electron chi connectivity index (χ0n) is 8.32. The number of unbranched alkanes of at least 4 members (excludes halogenated alkanes) is 3. The van der Waals surface area contributed by atoms with Gasteiger partial charge in [0.1, 0.15) is 0 Å². The first kappa shape index (κ1) is 14.0. The second-order valence-corrected chi connectivity index (χ2v) is 4.19. The Morgan fingerprint density at radius 2 is 2.00 bits per heavy atom. The molecular weight excluding hydrogens is 263 g/mol. The van der Waals surface area contributed by atoms with Crippen LogP contribution in [0.5, 0.6) is 0 Å². The molecule has 80 valence electrons. The van der Waals surface area contributed by atoms with Crippen molar-refractivity contribution in [3.63, 3.8) is 0 Å². The number of alkyl halides is 2. The Labute approximate surface area is 99.7 Å². The minimum atomic E-state index is 0.0640. The molecule has 0 rings (SSSR count). The van der Waals surface area contributed by atoms with Crippen LogP contribution in [0.1, 0.15) is 38.5 Å². The van der Waals surface area contributed by atoms with E-state index in [1.165, 1.54) is 0 Å². The minimum absolute atomic E-state index is 0.0640. The summed E-state index contributed by atoms with van der Waals surface area (Å²) in [5.41, 5.74) is 0. The topological polar surface area (TPSA) is 17.1 Å². The smallest absolute Gasteiger partial charge is 0.205 e. The largest absolute Gasteiger partial charge is 0.285 e. The Bertz CT molecular complexity index is 205. The fourth-order valence-electron chi connectivity index (χ4n) is 0.936. The molecule has 0 aromatic carbocycles. The number of Topliss-reactive ketones (excluding diaryl/α,β-unsaturated/α-hetero) is 1. The second kappa shape index (κ2) is 11.1. The Balaban J connectivity index is 3.38. The van der Waals surface area contributed by atoms with Gasteiger partial charge in [0.2, 0.25) is 5.78 Å². The molecule has 0 amide bonds. The van der Waals surface area contributed by atoms with Crippen molar-refractivity contribution in [2.24, 2.45) is 0 Å². The van der Waals surface area contributed by atoms with Crippen LogP contribution < -0.4 is 0 Å². The number of carbonyl (C=O) groups is 1. The summed E-state index contributed by atoms with van der Waals surface area (Å²) in [5.74, 6) is 6.15. The highest BCUT2D eigenvalue weighted by Gasteiger charge is 1.95. The molecule has 3 heteroatoms. The Morgan fingerprint density at radius 1 is 1.21 bits per heavy atom. The molecule has 14 heavy (non-hydrogen) atoms. The number of hydrogen-bond donors (Lipinski definition) is 0. The number of halogens is 2. The quantitative estimate of drug-likeness (QED) is 0.301. The summed E-state index contributed by atoms with van der Waals surface area (Å²) < 4.78 is 0. The molecule has 1 nitrogen and oxygen atoms in total. The van der Waals surface area contributed by atoms with Crippen LogP contribution in [0.2, 0.25) is 0 Å². The Kier molecular flexibility index (Phi) is 11.1. The van der Waals surface area contributed by atoms with E-state index >= 15 is 0 Å². The van der Waals surface area contributed by atoms with E-state index in [0.29, 0.717) is 12.3 Å². The van der Waals surface area contributed by atoms with Crippen molar-refractivity contribution >= 4 is 33.3 Å². The van der Waals surface area contributed by atoms with Crippen LogP contribution in [0, 0.1) is 11.8 Å². The van der Waals surface area contributed by atoms with Gasteiger partial charge in [-0.3, -0.25) is 4.79 Å². The van der Waals surface area contributed by atoms with E-state index in [1.54, 1.807) is 0 Å². The van der Waals surface area contributed by atoms with Crippen molar-refractivity contribution in [1.82, 2.24) is 0 Å². The molecule has 0 bridgehead atoms. The predicted molar refractivity (Wildman–Crippen MR) is 65.0 cm³/mol. The van der Waals surface area contributed by atoms with E-state index in [0.717, 1.165) is 37.4 Å². The molecule has 0 aliphatic heterocycles. The van der Waals surface area contributed by atoms with Crippen molar-refractivity contribution in [3.8, 4) is 11.8 Å². The Hall–Kier alpha value is -0.0000000000000000555. The highest BCUT2D eigenvalue weighted by molar-refractivity contribution is 9.09. The van der Waals surface area contributed by atoms with Crippen molar-refractivity contribution in [2.45, 2.75) is 38.5 Å². The number of carbonyl (C=O) groups excluding carboxylic acids is 1. The highest BCUT2D eigenvalue weighted by Crippen LogP contribution is 2.02. The fourth-order valence-corrected chi connectivity index (χ4v) is 1.47. The molecule has 0 aromatic rings. The lowest BCUT2D eigenvalue weighted by Gasteiger charge is -1.93. The maximum absolute atomic E-state index is 11.2. The molecule has 0 radical (unpaired) electrons. The van der Waals surface area contributed by atoms with Crippen LogP contribution in [0.4, 0.5) is 0 Å². The van der Waals surface area contributed by atoms with E-state index < -0.39 is 0 Å². The molecule has 0 N–H and O–H groups in total. The average Bonchev–Trinajstić information content (AvgIpc) is 2.19. The van der Waals surface area contributed by atoms with E-state index in [-0.39, 0.29) is 5.78 Å². The summed E-state index contributed by atoms with van der Waals surface area (Å²) >= 11 is 8.83. The van der Waals surface area contributed by atoms with E-state index in [4.69, 9.17) is 11.6 Å². The third-order valence-electron chi connectivity index (χ3n) is 1.70. The number of ketones is 1. The van der Waals surface area contributed by atoms with E-state index in [2.05, 4.69) is 27.8 Å². The van der Waals surface area contributed by atoms with Gasteiger partial charge < -0.3 is 0 Å². The first-order chi connectivity index (χ1) is 6.81. The predicted octanol–water partition coefficient (Wildman–Crippen LogP) is 3.53. The van der Waals surface area contributed by atoms with Crippen molar-refractivity contribution in [3.05, 3.63) is 0 Å². The lowest BCUT2D eigenvalue weighted by Crippen LogP contribution is -1.93. The van der Waals surface area contributed by atoms with Gasteiger partial charge in [-0.25, -0.2) is 0 Å². The number of rotatable bonds is 7. The Morgan fingerprint density at radius 3 is 2.64 bits per heavy atom. The van der Waals surface area contributed by atoms with Gasteiger partial charge in [-0.2, -0.15) is 0 Å². The van der Waals surface area contributed by atoms with Gasteiger partial charge in [0.25, 0.3) is 0 Å². The minimum Gasteiger partial charge on any atom is -0.285 e. The lowest BCUT2D eigenvalue weighted by atomic mass is 10.1. The summed E-state index contributed by atoms with van der Waals surface area (Å²) in [6.07, 6.45) is 5.38. The van der Waals surface area contributed by atoms with Crippen LogP contribution in [-0.2, 0) is 4.79 Å². The molecule has 0 saturated carbocycles. The van der Waals surface area contributed by atoms with Crippen molar-refractivity contribution in [2.75, 3.05) is 11.2 Å². The van der Waals surface area contributed by atoms with Gasteiger partial charge >= 0.3 is 0 Å². The van der Waals surface area contributed by atoms with Gasteiger partial charge in [0.05, 0.1) is 0 Å². The van der Waals surface area contributed by atoms with Crippen LogP contribution >= 0.6 is 27.5 Å². The number of hydrogen-bond acceptors (Lipinski definition) is 1. The normalized spacial score (nSPS) is 9.29. The van der Waals surface area contributed by atoms with Crippen LogP contribution in [-0.4, -0.2) is 17.0 Å². The van der Waals surface area contributed by atoms with Gasteiger partial charge in [-0.1, -0.05) is 28.3 Å². The molecule has 0 heterocycles. The summed E-state index contributed by atoms with van der Waals surface area (Å²) in [4.78, 5) is 11.2. The summed E-state index contributed by atoms with van der Waals surface area (Å²) in [6, 6.07) is 0. The standard InChI is InChI=1S/C11H16BrClO/c12-9-5-1-3-7-11(14)8-4-2-6-10-13/h1-3,5-7,9-10H2. The van der Waals surface area contributed by atoms with E-state index in [9.17, 15) is 4.79 Å². The average molecular weight is 280 g/mol. The molecule has 0 saturated heterocycles. The molecule has 0 aromatic heterocycles. The SMILES string of the molecule is O=C(C#CCCCCl)CCCCCBr. The van der Waals surface area contributed by atoms with Crippen LogP contribution in [0.3, 0.4) is 0 Å². The maximum atomic E-state index is 11.2. The fraction of sp³-hybridized carbons (Fsp3) is 0.727.